The standard InChI is InChI=1S/C22H40N6O/c1-23-22(24-10-4-7-11-27-16-14-26(2)15-17-27)25-19-20(21-9-8-18-29-21)28-12-5-3-6-13-28/h8-9,18,20H,3-7,10-17,19H2,1-2H3,(H2,23,24,25). The first-order valence-electron chi connectivity index (χ1n) is 11.4. The van der Waals surface area contributed by atoms with E-state index < -0.39 is 0 Å². The number of rotatable bonds is 9. The van der Waals surface area contributed by atoms with Gasteiger partial charge in [0.15, 0.2) is 5.96 Å². The fraction of sp³-hybridized carbons (Fsp3) is 0.773. The molecule has 0 bridgehead atoms. The summed E-state index contributed by atoms with van der Waals surface area (Å²) in [5.41, 5.74) is 0. The first-order valence-corrected chi connectivity index (χ1v) is 11.4. The zero-order valence-corrected chi connectivity index (χ0v) is 18.4. The number of unbranched alkanes of at least 4 members (excludes halogenated alkanes) is 1. The first kappa shape index (κ1) is 22.1. The molecule has 0 aromatic carbocycles. The number of nitrogens with one attached hydrogen (secondary N) is 2. The summed E-state index contributed by atoms with van der Waals surface area (Å²) in [6.07, 6.45) is 8.07. The molecule has 0 amide bonds. The van der Waals surface area contributed by atoms with Crippen LogP contribution in [0.1, 0.15) is 43.9 Å². The van der Waals surface area contributed by atoms with Gasteiger partial charge in [-0.3, -0.25) is 9.89 Å². The van der Waals surface area contributed by atoms with Crippen molar-refractivity contribution in [2.45, 2.75) is 38.1 Å². The van der Waals surface area contributed by atoms with Crippen molar-refractivity contribution in [3.63, 3.8) is 0 Å². The molecule has 1 aromatic rings. The number of aliphatic imine (C=N–C) groups is 1. The van der Waals surface area contributed by atoms with Crippen molar-refractivity contribution in [3.05, 3.63) is 24.2 Å². The monoisotopic (exact) mass is 404 g/mol. The smallest absolute Gasteiger partial charge is 0.191 e. The van der Waals surface area contributed by atoms with Crippen molar-refractivity contribution >= 4 is 5.96 Å². The lowest BCUT2D eigenvalue weighted by molar-refractivity contribution is 0.146. The molecule has 2 aliphatic heterocycles. The van der Waals surface area contributed by atoms with Gasteiger partial charge in [-0.25, -0.2) is 0 Å². The molecule has 3 rings (SSSR count). The van der Waals surface area contributed by atoms with E-state index in [1.54, 1.807) is 6.26 Å². The number of furan rings is 1. The fourth-order valence-electron chi connectivity index (χ4n) is 4.27. The molecule has 1 atom stereocenters. The van der Waals surface area contributed by atoms with Crippen molar-refractivity contribution in [2.24, 2.45) is 4.99 Å². The Labute approximate surface area is 176 Å². The fourth-order valence-corrected chi connectivity index (χ4v) is 4.27. The van der Waals surface area contributed by atoms with Gasteiger partial charge in [-0.1, -0.05) is 6.42 Å². The first-order chi connectivity index (χ1) is 14.3. The zero-order chi connectivity index (χ0) is 20.3. The molecule has 29 heavy (non-hydrogen) atoms. The van der Waals surface area contributed by atoms with Crippen LogP contribution in [-0.2, 0) is 0 Å². The summed E-state index contributed by atoms with van der Waals surface area (Å²) < 4.78 is 5.74. The Hall–Kier alpha value is -1.57. The summed E-state index contributed by atoms with van der Waals surface area (Å²) in [5.74, 6) is 1.93. The van der Waals surface area contributed by atoms with Gasteiger partial charge in [-0.15, -0.1) is 0 Å². The maximum Gasteiger partial charge on any atom is 0.191 e. The van der Waals surface area contributed by atoms with Crippen LogP contribution < -0.4 is 10.6 Å². The van der Waals surface area contributed by atoms with E-state index in [9.17, 15) is 0 Å². The van der Waals surface area contributed by atoms with E-state index in [2.05, 4.69) is 43.4 Å². The lowest BCUT2D eigenvalue weighted by Gasteiger charge is -2.33. The molecule has 0 spiro atoms. The molecular formula is C22H40N6O. The van der Waals surface area contributed by atoms with Gasteiger partial charge in [0.2, 0.25) is 0 Å². The Morgan fingerprint density at radius 2 is 1.86 bits per heavy atom. The molecular weight excluding hydrogens is 364 g/mol. The van der Waals surface area contributed by atoms with Crippen LogP contribution in [0.5, 0.6) is 0 Å². The normalized spacial score (nSPS) is 21.2. The Bertz CT molecular complexity index is 576. The maximum atomic E-state index is 5.74. The van der Waals surface area contributed by atoms with Gasteiger partial charge in [0.05, 0.1) is 12.3 Å². The van der Waals surface area contributed by atoms with Gasteiger partial charge in [0.1, 0.15) is 5.76 Å². The van der Waals surface area contributed by atoms with E-state index in [0.717, 1.165) is 37.9 Å². The highest BCUT2D eigenvalue weighted by Crippen LogP contribution is 2.24. The number of likely N-dealkylation sites (tertiary alicyclic amines) is 1. The second-order valence-electron chi connectivity index (χ2n) is 8.36. The number of guanidine groups is 1. The summed E-state index contributed by atoms with van der Waals surface area (Å²) >= 11 is 0. The zero-order valence-electron chi connectivity index (χ0n) is 18.4. The number of nitrogens with zero attached hydrogens (tertiary/aromatic N) is 4. The van der Waals surface area contributed by atoms with Crippen LogP contribution in [0.3, 0.4) is 0 Å². The van der Waals surface area contributed by atoms with Crippen LogP contribution in [0.25, 0.3) is 0 Å². The van der Waals surface area contributed by atoms with Gasteiger partial charge >= 0.3 is 0 Å². The minimum absolute atomic E-state index is 0.265. The molecule has 2 saturated heterocycles. The molecule has 2 N–H and O–H groups in total. The molecule has 0 radical (unpaired) electrons. The van der Waals surface area contributed by atoms with E-state index >= 15 is 0 Å². The molecule has 2 aliphatic rings. The Balaban J connectivity index is 1.36. The van der Waals surface area contributed by atoms with Gasteiger partial charge in [0.25, 0.3) is 0 Å². The highest BCUT2D eigenvalue weighted by molar-refractivity contribution is 5.79. The lowest BCUT2D eigenvalue weighted by Crippen LogP contribution is -2.45. The average molecular weight is 405 g/mol. The highest BCUT2D eigenvalue weighted by Gasteiger charge is 2.24. The maximum absolute atomic E-state index is 5.74. The van der Waals surface area contributed by atoms with Crippen molar-refractivity contribution in [3.8, 4) is 0 Å². The van der Waals surface area contributed by atoms with Crippen LogP contribution in [-0.4, -0.2) is 93.7 Å². The van der Waals surface area contributed by atoms with Crippen LogP contribution in [0, 0.1) is 0 Å². The summed E-state index contributed by atoms with van der Waals surface area (Å²) in [5, 5.41) is 7.00. The predicted molar refractivity (Wildman–Crippen MR) is 119 cm³/mol. The second kappa shape index (κ2) is 12.2. The topological polar surface area (TPSA) is 59.3 Å². The van der Waals surface area contributed by atoms with Crippen LogP contribution in [0.2, 0.25) is 0 Å². The third-order valence-electron chi connectivity index (χ3n) is 6.18. The van der Waals surface area contributed by atoms with Crippen molar-refractivity contribution in [1.29, 1.82) is 0 Å². The van der Waals surface area contributed by atoms with Gasteiger partial charge < -0.3 is 24.9 Å². The van der Waals surface area contributed by atoms with E-state index in [1.165, 1.54) is 64.8 Å². The number of piperidine rings is 1. The summed E-state index contributed by atoms with van der Waals surface area (Å²) in [4.78, 5) is 11.9. The molecule has 0 saturated carbocycles. The minimum Gasteiger partial charge on any atom is -0.468 e. The second-order valence-corrected chi connectivity index (χ2v) is 8.36. The van der Waals surface area contributed by atoms with E-state index in [0.29, 0.717) is 0 Å². The van der Waals surface area contributed by atoms with Gasteiger partial charge in [-0.05, 0) is 64.5 Å². The minimum atomic E-state index is 0.265. The summed E-state index contributed by atoms with van der Waals surface area (Å²) in [7, 11) is 4.06. The number of hydrogen-bond acceptors (Lipinski definition) is 5. The van der Waals surface area contributed by atoms with Crippen molar-refractivity contribution in [1.82, 2.24) is 25.3 Å². The SMILES string of the molecule is CN=C(NCCCCN1CCN(C)CC1)NCC(c1ccco1)N1CCCCC1. The van der Waals surface area contributed by atoms with Gasteiger partial charge in [-0.2, -0.15) is 0 Å². The molecule has 7 heteroatoms. The summed E-state index contributed by atoms with van der Waals surface area (Å²) in [6.45, 7) is 10.1. The molecule has 7 nitrogen and oxygen atoms in total. The predicted octanol–water partition coefficient (Wildman–Crippen LogP) is 2.00. The lowest BCUT2D eigenvalue weighted by atomic mass is 10.1. The molecule has 1 aromatic heterocycles. The van der Waals surface area contributed by atoms with E-state index in [1.807, 2.05) is 13.1 Å². The summed E-state index contributed by atoms with van der Waals surface area (Å²) in [6, 6.07) is 4.34. The van der Waals surface area contributed by atoms with Crippen LogP contribution >= 0.6 is 0 Å². The molecule has 0 aliphatic carbocycles. The number of piperazine rings is 1. The Morgan fingerprint density at radius 3 is 2.55 bits per heavy atom. The quantitative estimate of drug-likeness (QED) is 0.373. The van der Waals surface area contributed by atoms with Crippen LogP contribution in [0.4, 0.5) is 0 Å². The Morgan fingerprint density at radius 1 is 1.07 bits per heavy atom. The third kappa shape index (κ3) is 7.32. The van der Waals surface area contributed by atoms with Crippen molar-refractivity contribution in [2.75, 3.05) is 73.0 Å². The van der Waals surface area contributed by atoms with Gasteiger partial charge in [0, 0.05) is 46.3 Å². The van der Waals surface area contributed by atoms with E-state index in [-0.39, 0.29) is 6.04 Å². The third-order valence-corrected chi connectivity index (χ3v) is 6.18. The molecule has 1 unspecified atom stereocenters. The largest absolute Gasteiger partial charge is 0.468 e. The van der Waals surface area contributed by atoms with Crippen LogP contribution in [0.15, 0.2) is 27.8 Å². The number of hydrogen-bond donors (Lipinski definition) is 2. The highest BCUT2D eigenvalue weighted by atomic mass is 16.3. The molecule has 2 fully saturated rings. The average Bonchev–Trinajstić information content (AvgIpc) is 3.29. The molecule has 3 heterocycles. The number of likely N-dealkylation sites (N-methyl/N-ethyl adjacent to an activating group) is 1. The molecule has 164 valence electrons. The van der Waals surface area contributed by atoms with Crippen molar-refractivity contribution < 1.29 is 4.42 Å². The van der Waals surface area contributed by atoms with E-state index in [4.69, 9.17) is 4.42 Å². The Kier molecular flexibility index (Phi) is 9.31.